The molecular formula is C22H27FN3O2P. The van der Waals surface area contributed by atoms with Gasteiger partial charge in [-0.25, -0.2) is 9.18 Å². The van der Waals surface area contributed by atoms with Crippen LogP contribution < -0.4 is 11.2 Å². The Morgan fingerprint density at radius 3 is 2.55 bits per heavy atom. The molecule has 0 radical (unpaired) electrons. The van der Waals surface area contributed by atoms with E-state index >= 15 is 0 Å². The molecule has 0 bridgehead atoms. The molecule has 7 heteroatoms. The SMILES string of the molecule is CCC(C(=P)C(C=Cc1c[nH]c(=O)[nH]c1=O)=C(C)C)C(C)c1ccc(F)c(C)n1. The number of allylic oxidation sites excluding steroid dienone is 3. The number of rotatable bonds is 7. The van der Waals surface area contributed by atoms with Gasteiger partial charge in [-0.1, -0.05) is 25.5 Å². The predicted molar refractivity (Wildman–Crippen MR) is 120 cm³/mol. The first-order chi connectivity index (χ1) is 13.6. The highest BCUT2D eigenvalue weighted by atomic mass is 31.0. The molecule has 2 heterocycles. The third-order valence-corrected chi connectivity index (χ3v) is 5.67. The van der Waals surface area contributed by atoms with Gasteiger partial charge in [-0.2, -0.15) is 0 Å². The van der Waals surface area contributed by atoms with E-state index in [1.54, 1.807) is 19.1 Å². The summed E-state index contributed by atoms with van der Waals surface area (Å²) in [5.41, 5.74) is 2.63. The molecule has 0 aliphatic carbocycles. The quantitative estimate of drug-likeness (QED) is 0.520. The smallest absolute Gasteiger partial charge is 0.314 e. The molecule has 29 heavy (non-hydrogen) atoms. The van der Waals surface area contributed by atoms with E-state index in [1.807, 2.05) is 19.9 Å². The summed E-state index contributed by atoms with van der Waals surface area (Å²) < 4.78 is 13.6. The number of halogens is 1. The lowest BCUT2D eigenvalue weighted by Gasteiger charge is -2.26. The van der Waals surface area contributed by atoms with E-state index in [2.05, 4.69) is 37.7 Å². The molecule has 2 unspecified atom stereocenters. The van der Waals surface area contributed by atoms with Crippen LogP contribution in [0.1, 0.15) is 57.0 Å². The molecule has 2 atom stereocenters. The molecule has 0 aliphatic rings. The van der Waals surface area contributed by atoms with Gasteiger partial charge in [0.1, 0.15) is 5.82 Å². The maximum Gasteiger partial charge on any atom is 0.325 e. The zero-order valence-corrected chi connectivity index (χ0v) is 18.4. The fourth-order valence-electron chi connectivity index (χ4n) is 3.27. The number of hydrogen-bond donors (Lipinski definition) is 2. The summed E-state index contributed by atoms with van der Waals surface area (Å²) in [6, 6.07) is 3.19. The first kappa shape index (κ1) is 22.7. The van der Waals surface area contributed by atoms with Gasteiger partial charge in [0, 0.05) is 17.8 Å². The molecule has 0 spiro atoms. The van der Waals surface area contributed by atoms with Crippen molar-refractivity contribution >= 4 is 20.2 Å². The van der Waals surface area contributed by atoms with Crippen molar-refractivity contribution in [1.29, 1.82) is 0 Å². The van der Waals surface area contributed by atoms with Crippen molar-refractivity contribution in [3.05, 3.63) is 79.2 Å². The van der Waals surface area contributed by atoms with Crippen molar-refractivity contribution in [3.8, 4) is 0 Å². The molecular weight excluding hydrogens is 388 g/mol. The van der Waals surface area contributed by atoms with Crippen molar-refractivity contribution in [2.24, 2.45) is 5.92 Å². The highest BCUT2D eigenvalue weighted by molar-refractivity contribution is 7.22. The average Bonchev–Trinajstić information content (AvgIpc) is 2.65. The van der Waals surface area contributed by atoms with Crippen LogP contribution in [-0.4, -0.2) is 20.2 Å². The van der Waals surface area contributed by atoms with Gasteiger partial charge in [-0.05, 0) is 62.2 Å². The van der Waals surface area contributed by atoms with Crippen LogP contribution in [0, 0.1) is 18.7 Å². The molecule has 154 valence electrons. The topological polar surface area (TPSA) is 78.6 Å². The van der Waals surface area contributed by atoms with Crippen LogP contribution >= 0.6 is 8.86 Å². The largest absolute Gasteiger partial charge is 0.325 e. The van der Waals surface area contributed by atoms with Gasteiger partial charge in [-0.15, -0.1) is 8.86 Å². The average molecular weight is 415 g/mol. The minimum absolute atomic E-state index is 0.0611. The summed E-state index contributed by atoms with van der Waals surface area (Å²) in [4.78, 5) is 32.2. The second-order valence-corrected chi connectivity index (χ2v) is 7.83. The van der Waals surface area contributed by atoms with Crippen LogP contribution in [0.2, 0.25) is 0 Å². The van der Waals surface area contributed by atoms with Gasteiger partial charge >= 0.3 is 5.69 Å². The zero-order valence-electron chi connectivity index (χ0n) is 17.4. The molecule has 0 aliphatic heterocycles. The molecule has 0 aromatic carbocycles. The summed E-state index contributed by atoms with van der Waals surface area (Å²) in [6.45, 7) is 9.82. The van der Waals surface area contributed by atoms with Crippen molar-refractivity contribution in [2.75, 3.05) is 0 Å². The lowest BCUT2D eigenvalue weighted by Crippen LogP contribution is -2.23. The second kappa shape index (κ2) is 9.75. The molecule has 0 saturated heterocycles. The number of H-pyrrole nitrogens is 2. The lowest BCUT2D eigenvalue weighted by molar-refractivity contribution is 0.542. The number of nitrogens with one attached hydrogen (secondary N) is 2. The Morgan fingerprint density at radius 2 is 2.00 bits per heavy atom. The Balaban J connectivity index is 2.36. The highest BCUT2D eigenvalue weighted by Gasteiger charge is 2.24. The predicted octanol–water partition coefficient (Wildman–Crippen LogP) is 4.40. The Kier molecular flexibility index (Phi) is 7.63. The van der Waals surface area contributed by atoms with Crippen LogP contribution in [-0.2, 0) is 0 Å². The van der Waals surface area contributed by atoms with E-state index in [9.17, 15) is 14.0 Å². The first-order valence-electron chi connectivity index (χ1n) is 9.55. The number of aromatic nitrogens is 3. The number of hydrogen-bond acceptors (Lipinski definition) is 3. The van der Waals surface area contributed by atoms with Crippen LogP contribution in [0.4, 0.5) is 4.39 Å². The summed E-state index contributed by atoms with van der Waals surface area (Å²) in [5.74, 6) is -0.130. The summed E-state index contributed by atoms with van der Waals surface area (Å²) in [5, 5.41) is 0.987. The van der Waals surface area contributed by atoms with Gasteiger partial charge in [0.2, 0.25) is 0 Å². The van der Waals surface area contributed by atoms with E-state index in [0.717, 1.165) is 28.6 Å². The minimum atomic E-state index is -0.538. The number of nitrogens with zero attached hydrogens (tertiary/aromatic N) is 1. The van der Waals surface area contributed by atoms with E-state index in [-0.39, 0.29) is 17.7 Å². The highest BCUT2D eigenvalue weighted by Crippen LogP contribution is 2.31. The number of pyridine rings is 1. The van der Waals surface area contributed by atoms with Gasteiger partial charge in [0.05, 0.1) is 11.3 Å². The van der Waals surface area contributed by atoms with Crippen LogP contribution in [0.3, 0.4) is 0 Å². The third kappa shape index (κ3) is 5.48. The molecule has 2 aromatic rings. The van der Waals surface area contributed by atoms with E-state index in [1.165, 1.54) is 12.3 Å². The molecule has 5 nitrogen and oxygen atoms in total. The van der Waals surface area contributed by atoms with E-state index < -0.39 is 11.2 Å². The van der Waals surface area contributed by atoms with Crippen molar-refractivity contribution < 1.29 is 4.39 Å². The third-order valence-electron chi connectivity index (χ3n) is 5.03. The Bertz CT molecular complexity index is 1080. The summed E-state index contributed by atoms with van der Waals surface area (Å²) in [6.07, 6.45) is 5.77. The van der Waals surface area contributed by atoms with Gasteiger partial charge in [0.15, 0.2) is 0 Å². The van der Waals surface area contributed by atoms with Crippen molar-refractivity contribution in [2.45, 2.75) is 47.0 Å². The van der Waals surface area contributed by atoms with E-state index in [0.29, 0.717) is 11.3 Å². The normalized spacial score (nSPS) is 13.3. The second-order valence-electron chi connectivity index (χ2n) is 7.29. The summed E-state index contributed by atoms with van der Waals surface area (Å²) >= 11 is 0. The number of aromatic amines is 2. The molecule has 0 amide bonds. The lowest BCUT2D eigenvalue weighted by atomic mass is 9.82. The van der Waals surface area contributed by atoms with E-state index in [4.69, 9.17) is 0 Å². The molecule has 2 rings (SSSR count). The molecule has 0 fully saturated rings. The van der Waals surface area contributed by atoms with Crippen LogP contribution in [0.15, 0.2) is 45.1 Å². The van der Waals surface area contributed by atoms with Crippen LogP contribution in [0.25, 0.3) is 6.08 Å². The van der Waals surface area contributed by atoms with Gasteiger partial charge in [-0.3, -0.25) is 14.8 Å². The Labute approximate surface area is 172 Å². The molecule has 2 N–H and O–H groups in total. The maximum atomic E-state index is 13.6. The number of aryl methyl sites for hydroxylation is 1. The van der Waals surface area contributed by atoms with Crippen LogP contribution in [0.5, 0.6) is 0 Å². The Hall–Kier alpha value is -2.59. The van der Waals surface area contributed by atoms with Gasteiger partial charge in [0.25, 0.3) is 5.56 Å². The molecule has 2 aromatic heterocycles. The monoisotopic (exact) mass is 415 g/mol. The minimum Gasteiger partial charge on any atom is -0.314 e. The fourth-order valence-corrected chi connectivity index (χ4v) is 4.06. The van der Waals surface area contributed by atoms with Gasteiger partial charge < -0.3 is 4.98 Å². The Morgan fingerprint density at radius 1 is 1.31 bits per heavy atom. The zero-order chi connectivity index (χ0) is 21.7. The first-order valence-corrected chi connectivity index (χ1v) is 10.0. The van der Waals surface area contributed by atoms with Crippen molar-refractivity contribution in [3.63, 3.8) is 0 Å². The maximum absolute atomic E-state index is 13.6. The van der Waals surface area contributed by atoms with Crippen molar-refractivity contribution in [1.82, 2.24) is 15.0 Å². The fraction of sp³-hybridized carbons (Fsp3) is 0.364. The molecule has 0 saturated carbocycles. The summed E-state index contributed by atoms with van der Waals surface area (Å²) in [7, 11) is 3.83. The standard InChI is InChI=1S/C22H27FN3O2P/c1-6-16(13(4)19-10-9-18(23)14(5)25-19)20(29)17(12(2)3)8-7-15-11-24-22(28)26-21(15)27/h7-11,13,16,29H,6H2,1-5H3,(H2,24,26,27,28).